The van der Waals surface area contributed by atoms with E-state index in [0.29, 0.717) is 5.92 Å². The monoisotopic (exact) mass is 269 g/mol. The van der Waals surface area contributed by atoms with Gasteiger partial charge in [-0.1, -0.05) is 57.4 Å². The minimum absolute atomic E-state index is 0.220. The number of nitriles is 1. The second kappa shape index (κ2) is 7.48. The molecule has 20 heavy (non-hydrogen) atoms. The maximum absolute atomic E-state index is 9.52. The molecule has 0 spiro atoms. The quantitative estimate of drug-likeness (QED) is 0.696. The predicted octanol–water partition coefficient (Wildman–Crippen LogP) is 5.46. The molecule has 1 saturated carbocycles. The van der Waals surface area contributed by atoms with Gasteiger partial charge in [-0.3, -0.25) is 0 Å². The number of hydrogen-bond acceptors (Lipinski definition) is 1. The molecule has 1 aromatic rings. The molecule has 3 unspecified atom stereocenters. The van der Waals surface area contributed by atoms with E-state index in [-0.39, 0.29) is 5.92 Å². The van der Waals surface area contributed by atoms with E-state index in [1.165, 1.54) is 43.2 Å². The van der Waals surface area contributed by atoms with E-state index in [0.717, 1.165) is 18.8 Å². The second-order valence-corrected chi connectivity index (χ2v) is 6.26. The van der Waals surface area contributed by atoms with Crippen molar-refractivity contribution in [1.29, 1.82) is 5.26 Å². The first-order valence-electron chi connectivity index (χ1n) is 8.26. The van der Waals surface area contributed by atoms with Crippen LogP contribution < -0.4 is 0 Å². The van der Waals surface area contributed by atoms with Gasteiger partial charge in [-0.15, -0.1) is 0 Å². The normalized spacial score (nSPS) is 26.1. The minimum Gasteiger partial charge on any atom is -0.198 e. The lowest BCUT2D eigenvalue weighted by atomic mass is 9.70. The second-order valence-electron chi connectivity index (χ2n) is 6.26. The van der Waals surface area contributed by atoms with Gasteiger partial charge in [-0.05, 0) is 48.6 Å². The average molecular weight is 269 g/mol. The van der Waals surface area contributed by atoms with Gasteiger partial charge in [-0.25, -0.2) is 0 Å². The van der Waals surface area contributed by atoms with Crippen molar-refractivity contribution in [2.24, 2.45) is 11.8 Å². The van der Waals surface area contributed by atoms with Crippen LogP contribution >= 0.6 is 0 Å². The summed E-state index contributed by atoms with van der Waals surface area (Å²) in [6.07, 6.45) is 8.60. The molecule has 0 radical (unpaired) electrons. The van der Waals surface area contributed by atoms with Crippen molar-refractivity contribution < 1.29 is 0 Å². The molecule has 0 heterocycles. The lowest BCUT2D eigenvalue weighted by Gasteiger charge is -2.33. The summed E-state index contributed by atoms with van der Waals surface area (Å²) in [7, 11) is 0. The maximum atomic E-state index is 9.52. The Morgan fingerprint density at radius 2 is 1.90 bits per heavy atom. The first-order valence-corrected chi connectivity index (χ1v) is 8.26. The lowest BCUT2D eigenvalue weighted by Crippen LogP contribution is -2.22. The smallest absolute Gasteiger partial charge is 0.0662 e. The van der Waals surface area contributed by atoms with Crippen molar-refractivity contribution in [1.82, 2.24) is 0 Å². The number of unbranched alkanes of at least 4 members (excludes halogenated alkanes) is 1. The summed E-state index contributed by atoms with van der Waals surface area (Å²) in [5, 5.41) is 9.52. The Morgan fingerprint density at radius 1 is 1.15 bits per heavy atom. The minimum atomic E-state index is 0.220. The summed E-state index contributed by atoms with van der Waals surface area (Å²) in [6, 6.07) is 11.5. The Hall–Kier alpha value is -1.29. The van der Waals surface area contributed by atoms with Crippen LogP contribution in [0.4, 0.5) is 0 Å². The molecular formula is C19H27N. The van der Waals surface area contributed by atoms with Crippen LogP contribution in [0.2, 0.25) is 0 Å². The number of hydrogen-bond donors (Lipinski definition) is 0. The highest BCUT2D eigenvalue weighted by atomic mass is 14.4. The highest BCUT2D eigenvalue weighted by molar-refractivity contribution is 5.27. The zero-order valence-corrected chi connectivity index (χ0v) is 12.9. The van der Waals surface area contributed by atoms with Gasteiger partial charge < -0.3 is 0 Å². The third kappa shape index (κ3) is 3.63. The van der Waals surface area contributed by atoms with E-state index in [1.807, 2.05) is 0 Å². The van der Waals surface area contributed by atoms with Crippen molar-refractivity contribution in [2.75, 3.05) is 0 Å². The van der Waals surface area contributed by atoms with E-state index in [9.17, 15) is 5.26 Å². The molecule has 0 amide bonds. The van der Waals surface area contributed by atoms with Crippen LogP contribution in [0.1, 0.15) is 69.4 Å². The third-order valence-corrected chi connectivity index (χ3v) is 4.91. The van der Waals surface area contributed by atoms with Crippen LogP contribution in [-0.2, 0) is 6.42 Å². The van der Waals surface area contributed by atoms with Crippen molar-refractivity contribution >= 4 is 0 Å². The molecule has 108 valence electrons. The zero-order chi connectivity index (χ0) is 14.4. The van der Waals surface area contributed by atoms with Gasteiger partial charge in [-0.2, -0.15) is 5.26 Å². The molecule has 0 aliphatic heterocycles. The van der Waals surface area contributed by atoms with Gasteiger partial charge >= 0.3 is 0 Å². The molecule has 1 nitrogen and oxygen atoms in total. The molecule has 3 atom stereocenters. The van der Waals surface area contributed by atoms with Gasteiger partial charge in [0.15, 0.2) is 0 Å². The molecule has 1 fully saturated rings. The molecule has 0 N–H and O–H groups in total. The summed E-state index contributed by atoms with van der Waals surface area (Å²) in [4.78, 5) is 0. The van der Waals surface area contributed by atoms with Gasteiger partial charge in [0.25, 0.3) is 0 Å². The summed E-state index contributed by atoms with van der Waals surface area (Å²) in [6.45, 7) is 4.44. The van der Waals surface area contributed by atoms with Crippen molar-refractivity contribution in [3.05, 3.63) is 35.4 Å². The topological polar surface area (TPSA) is 23.8 Å². The Balaban J connectivity index is 2.03. The first-order chi connectivity index (χ1) is 9.78. The van der Waals surface area contributed by atoms with Crippen LogP contribution in [0.5, 0.6) is 0 Å². The first kappa shape index (κ1) is 15.1. The highest BCUT2D eigenvalue weighted by Crippen LogP contribution is 2.41. The Labute approximate surface area is 124 Å². The van der Waals surface area contributed by atoms with Crippen LogP contribution in [0.3, 0.4) is 0 Å². The SMILES string of the molecule is CCCCC1CCC(c2ccc(CC)cc2)C(C#N)C1. The fourth-order valence-corrected chi connectivity index (χ4v) is 3.55. The van der Waals surface area contributed by atoms with E-state index in [1.54, 1.807) is 0 Å². The molecule has 1 aromatic carbocycles. The van der Waals surface area contributed by atoms with Gasteiger partial charge in [0, 0.05) is 0 Å². The summed E-state index contributed by atoms with van der Waals surface area (Å²) < 4.78 is 0. The number of aryl methyl sites for hydroxylation is 1. The van der Waals surface area contributed by atoms with Crippen molar-refractivity contribution in [2.45, 2.75) is 64.7 Å². The van der Waals surface area contributed by atoms with E-state index >= 15 is 0 Å². The van der Waals surface area contributed by atoms with Crippen LogP contribution in [0, 0.1) is 23.2 Å². The fourth-order valence-electron chi connectivity index (χ4n) is 3.55. The van der Waals surface area contributed by atoms with Crippen LogP contribution in [0.25, 0.3) is 0 Å². The number of rotatable bonds is 5. The van der Waals surface area contributed by atoms with Gasteiger partial charge in [0.05, 0.1) is 12.0 Å². The van der Waals surface area contributed by atoms with E-state index in [2.05, 4.69) is 44.2 Å². The maximum Gasteiger partial charge on any atom is 0.0662 e. The largest absolute Gasteiger partial charge is 0.198 e. The zero-order valence-electron chi connectivity index (χ0n) is 12.9. The van der Waals surface area contributed by atoms with Gasteiger partial charge in [0.1, 0.15) is 0 Å². The van der Waals surface area contributed by atoms with E-state index in [4.69, 9.17) is 0 Å². The molecule has 0 bridgehead atoms. The molecule has 0 saturated heterocycles. The highest BCUT2D eigenvalue weighted by Gasteiger charge is 2.31. The molecule has 0 aromatic heterocycles. The Morgan fingerprint density at radius 3 is 2.50 bits per heavy atom. The predicted molar refractivity (Wildman–Crippen MR) is 84.5 cm³/mol. The van der Waals surface area contributed by atoms with Crippen molar-refractivity contribution in [3.63, 3.8) is 0 Å². The Bertz CT molecular complexity index is 440. The number of nitrogens with zero attached hydrogens (tertiary/aromatic N) is 1. The number of benzene rings is 1. The average Bonchev–Trinajstić information content (AvgIpc) is 2.52. The van der Waals surface area contributed by atoms with Crippen LogP contribution in [-0.4, -0.2) is 0 Å². The van der Waals surface area contributed by atoms with Crippen molar-refractivity contribution in [3.8, 4) is 6.07 Å². The molecule has 1 aliphatic carbocycles. The standard InChI is InChI=1S/C19H27N/c1-3-5-6-16-9-12-19(18(13-16)14-20)17-10-7-15(4-2)8-11-17/h7-8,10-11,16,18-19H,3-6,9,12-13H2,1-2H3. The molecular weight excluding hydrogens is 242 g/mol. The van der Waals surface area contributed by atoms with E-state index < -0.39 is 0 Å². The third-order valence-electron chi connectivity index (χ3n) is 4.91. The van der Waals surface area contributed by atoms with Gasteiger partial charge in [0.2, 0.25) is 0 Å². The molecule has 1 aliphatic rings. The summed E-state index contributed by atoms with van der Waals surface area (Å²) in [5.41, 5.74) is 2.77. The Kier molecular flexibility index (Phi) is 5.65. The molecule has 1 heteroatoms. The summed E-state index contributed by atoms with van der Waals surface area (Å²) in [5.74, 6) is 1.47. The van der Waals surface area contributed by atoms with Crippen LogP contribution in [0.15, 0.2) is 24.3 Å². The lowest BCUT2D eigenvalue weighted by molar-refractivity contribution is 0.258. The summed E-state index contributed by atoms with van der Waals surface area (Å²) >= 11 is 0. The molecule has 2 rings (SSSR count). The fraction of sp³-hybridized carbons (Fsp3) is 0.632.